The maximum atomic E-state index is 12.3. The van der Waals surface area contributed by atoms with E-state index in [0.29, 0.717) is 12.0 Å². The predicted molar refractivity (Wildman–Crippen MR) is 86.8 cm³/mol. The van der Waals surface area contributed by atoms with E-state index < -0.39 is 6.04 Å². The van der Waals surface area contributed by atoms with Gasteiger partial charge in [-0.15, -0.1) is 12.4 Å². The zero-order chi connectivity index (χ0) is 15.2. The van der Waals surface area contributed by atoms with Crippen LogP contribution in [0.15, 0.2) is 24.3 Å². The highest BCUT2D eigenvalue weighted by atomic mass is 35.5. The van der Waals surface area contributed by atoms with E-state index in [2.05, 4.69) is 5.73 Å². The Kier molecular flexibility index (Phi) is 6.02. The lowest BCUT2D eigenvalue weighted by atomic mass is 10.0. The number of piperidine rings is 1. The Morgan fingerprint density at radius 3 is 2.48 bits per heavy atom. The van der Waals surface area contributed by atoms with Crippen molar-refractivity contribution in [1.29, 1.82) is 5.41 Å². The number of nitrogens with zero attached hydrogens (tertiary/aromatic N) is 1. The van der Waals surface area contributed by atoms with E-state index in [1.165, 1.54) is 6.42 Å². The highest BCUT2D eigenvalue weighted by Crippen LogP contribution is 2.12. The van der Waals surface area contributed by atoms with Crippen LogP contribution in [0.2, 0.25) is 1.41 Å². The van der Waals surface area contributed by atoms with E-state index >= 15 is 0 Å². The van der Waals surface area contributed by atoms with Crippen molar-refractivity contribution in [2.75, 3.05) is 13.1 Å². The lowest BCUT2D eigenvalue weighted by molar-refractivity contribution is -0.133. The van der Waals surface area contributed by atoms with Crippen LogP contribution >= 0.6 is 12.4 Å². The maximum absolute atomic E-state index is 12.3. The molecule has 0 bridgehead atoms. The number of nitrogens with two attached hydrogens (primary N) is 2. The molecule has 0 saturated carbocycles. The quantitative estimate of drug-likeness (QED) is 0.577. The summed E-state index contributed by atoms with van der Waals surface area (Å²) in [4.78, 5) is 14.1. The molecule has 1 amide bonds. The molecule has 21 heavy (non-hydrogen) atoms. The Labute approximate surface area is 133 Å². The van der Waals surface area contributed by atoms with Gasteiger partial charge >= 0.3 is 0 Å². The number of carbonyl (C=O) groups excluding carboxylic acids is 1. The van der Waals surface area contributed by atoms with Crippen LogP contribution < -0.4 is 11.5 Å². The highest BCUT2D eigenvalue weighted by Gasteiger charge is 2.22. The van der Waals surface area contributed by atoms with Gasteiger partial charge in [-0.2, -0.15) is 0 Å². The molecule has 0 radical (unpaired) electrons. The van der Waals surface area contributed by atoms with E-state index in [1.807, 2.05) is 17.0 Å². The predicted octanol–water partition coefficient (Wildman–Crippen LogP) is 1.27. The van der Waals surface area contributed by atoms with Crippen LogP contribution in [0.5, 0.6) is 0 Å². The molecule has 5 N–H and O–H groups in total. The second kappa shape index (κ2) is 8.00. The van der Waals surface area contributed by atoms with Gasteiger partial charge < -0.3 is 16.4 Å². The molecule has 1 heterocycles. The van der Waals surface area contributed by atoms with Crippen LogP contribution in [0.3, 0.4) is 0 Å². The molecule has 1 aliphatic heterocycles. The average Bonchev–Trinajstić information content (AvgIpc) is 2.55. The summed E-state index contributed by atoms with van der Waals surface area (Å²) >= 11 is 0. The van der Waals surface area contributed by atoms with Gasteiger partial charge in [-0.25, -0.2) is 0 Å². The van der Waals surface area contributed by atoms with E-state index in [0.717, 1.165) is 31.5 Å². The summed E-state index contributed by atoms with van der Waals surface area (Å²) in [5, 5.41) is 7.51. The monoisotopic (exact) mass is 311 g/mol. The summed E-state index contributed by atoms with van der Waals surface area (Å²) in [6.07, 6.45) is 3.82. The van der Waals surface area contributed by atoms with Crippen molar-refractivity contribution in [3.05, 3.63) is 35.4 Å². The normalized spacial score (nSPS) is 16.4. The largest absolute Gasteiger partial charge is 0.384 e. The minimum Gasteiger partial charge on any atom is -0.384 e. The minimum atomic E-state index is -0.511. The van der Waals surface area contributed by atoms with Gasteiger partial charge in [0.25, 0.3) is 0 Å². The van der Waals surface area contributed by atoms with Gasteiger partial charge in [-0.3, -0.25) is 10.2 Å². The molecule has 1 saturated heterocycles. The number of hydrogen-bond acceptors (Lipinski definition) is 3. The summed E-state index contributed by atoms with van der Waals surface area (Å²) < 4.78 is 6.94. The third-order valence-electron chi connectivity index (χ3n) is 3.68. The molecule has 1 fully saturated rings. The molecular weight excluding hydrogens is 288 g/mol. The van der Waals surface area contributed by atoms with Crippen molar-refractivity contribution >= 4 is 24.1 Å². The Morgan fingerprint density at radius 2 is 1.90 bits per heavy atom. The van der Waals surface area contributed by atoms with Crippen molar-refractivity contribution in [3.8, 4) is 0 Å². The number of amides is 1. The molecule has 0 spiro atoms. The second-order valence-electron chi connectivity index (χ2n) is 5.27. The molecule has 0 aliphatic carbocycles. The fraction of sp³-hybridized carbons (Fsp3) is 0.467. The summed E-state index contributed by atoms with van der Waals surface area (Å²) in [6, 6.07) is 6.71. The Hall–Kier alpha value is -1.59. The molecule has 1 atom stereocenters. The van der Waals surface area contributed by atoms with Gasteiger partial charge in [-0.1, -0.05) is 24.3 Å². The zero-order valence-corrected chi connectivity index (χ0v) is 12.8. The third kappa shape index (κ3) is 4.72. The number of hydrogen-bond donors (Lipinski definition) is 3. The second-order valence-corrected chi connectivity index (χ2v) is 5.27. The Morgan fingerprint density at radius 1 is 1.29 bits per heavy atom. The lowest BCUT2D eigenvalue weighted by Gasteiger charge is -2.29. The molecule has 5 nitrogen and oxygen atoms in total. The summed E-state index contributed by atoms with van der Waals surface area (Å²) in [5.41, 5.74) is 9.69. The van der Waals surface area contributed by atoms with Crippen molar-refractivity contribution in [2.24, 2.45) is 11.5 Å². The molecule has 6 heteroatoms. The maximum Gasteiger partial charge on any atom is 0.239 e. The van der Waals surface area contributed by atoms with Crippen LogP contribution in [0, 0.1) is 5.41 Å². The molecule has 1 aromatic rings. The number of benzene rings is 1. The van der Waals surface area contributed by atoms with Crippen LogP contribution in [0.1, 0.15) is 30.4 Å². The van der Waals surface area contributed by atoms with Crippen molar-refractivity contribution in [3.63, 3.8) is 0 Å². The molecule has 0 unspecified atom stereocenters. The van der Waals surface area contributed by atoms with Crippen molar-refractivity contribution in [1.82, 2.24) is 4.90 Å². The first-order chi connectivity index (χ1) is 10.1. The molecular formula is C15H23ClN4O. The smallest absolute Gasteiger partial charge is 0.239 e. The Balaban J connectivity index is 0.00000242. The number of likely N-dealkylation sites (tertiary alicyclic amines) is 1. The van der Waals surface area contributed by atoms with Crippen LogP contribution in [-0.2, 0) is 11.2 Å². The number of carbonyl (C=O) groups is 1. The fourth-order valence-corrected chi connectivity index (χ4v) is 2.50. The molecule has 1 aromatic carbocycles. The molecule has 0 aromatic heterocycles. The van der Waals surface area contributed by atoms with Gasteiger partial charge in [0, 0.05) is 18.7 Å². The average molecular weight is 312 g/mol. The van der Waals surface area contributed by atoms with E-state index in [4.69, 9.17) is 12.6 Å². The zero-order valence-electron chi connectivity index (χ0n) is 13.0. The molecule has 2 rings (SSSR count). The molecule has 1 aliphatic rings. The number of halogens is 1. The number of amidine groups is 1. The van der Waals surface area contributed by atoms with Gasteiger partial charge in [0.2, 0.25) is 5.91 Å². The van der Waals surface area contributed by atoms with Gasteiger partial charge in [0.05, 0.1) is 6.04 Å². The number of nitrogen functional groups attached to an aromatic ring is 1. The minimum absolute atomic E-state index is 0. The number of rotatable bonds is 4. The van der Waals surface area contributed by atoms with Crippen molar-refractivity contribution in [2.45, 2.75) is 31.7 Å². The van der Waals surface area contributed by atoms with E-state index in [-0.39, 0.29) is 24.1 Å². The van der Waals surface area contributed by atoms with Crippen LogP contribution in [0.4, 0.5) is 0 Å². The van der Waals surface area contributed by atoms with Crippen molar-refractivity contribution < 1.29 is 6.21 Å². The van der Waals surface area contributed by atoms with Gasteiger partial charge in [-0.05, 0) is 31.2 Å². The topological polar surface area (TPSA) is 96.2 Å². The summed E-state index contributed by atoms with van der Waals surface area (Å²) in [6.45, 7) is 1.63. The van der Waals surface area contributed by atoms with Gasteiger partial charge in [0.15, 0.2) is 1.41 Å². The third-order valence-corrected chi connectivity index (χ3v) is 3.68. The summed E-state index contributed by atoms with van der Waals surface area (Å²) in [5.74, 6) is 0.0783. The standard InChI is InChI=1S/C15H22N4O.ClH/c16-13(15(20)19-8-2-1-3-9-19)10-11-4-6-12(7-5-11)14(17)18;/h4-7,13H,1-3,8-10,16H2,(H3,17,18);1H/t13-;/m0./s1/i/hD. The van der Waals surface area contributed by atoms with E-state index in [9.17, 15) is 4.79 Å². The SMILES string of the molecule is Cl.[2H]NC(=N)c1ccc(C[C@H](N)C(=O)N2CCCCC2)cc1. The first-order valence-electron chi connectivity index (χ1n) is 7.52. The first-order valence-corrected chi connectivity index (χ1v) is 7.02. The van der Waals surface area contributed by atoms with Gasteiger partial charge in [0.1, 0.15) is 5.84 Å². The first kappa shape index (κ1) is 15.8. The van der Waals surface area contributed by atoms with E-state index in [1.54, 1.807) is 12.1 Å². The highest BCUT2D eigenvalue weighted by molar-refractivity contribution is 5.94. The lowest BCUT2D eigenvalue weighted by Crippen LogP contribution is -2.46. The van der Waals surface area contributed by atoms with Crippen LogP contribution in [0.25, 0.3) is 0 Å². The van der Waals surface area contributed by atoms with Crippen LogP contribution in [-0.4, -0.2) is 35.8 Å². The Bertz CT molecular complexity index is 503. The summed E-state index contributed by atoms with van der Waals surface area (Å²) in [7, 11) is 0. The number of nitrogens with one attached hydrogen (secondary N) is 1. The fourth-order valence-electron chi connectivity index (χ4n) is 2.50. The molecule has 116 valence electrons.